The monoisotopic (exact) mass is 463 g/mol. The largest absolute Gasteiger partial charge is 0.322 e. The van der Waals surface area contributed by atoms with Crippen LogP contribution < -0.4 is 20.2 Å². The minimum atomic E-state index is -0.509. The summed E-state index contributed by atoms with van der Waals surface area (Å²) in [6, 6.07) is 16.6. The van der Waals surface area contributed by atoms with Crippen molar-refractivity contribution in [3.8, 4) is 0 Å². The number of para-hydroxylation sites is 1. The van der Waals surface area contributed by atoms with Gasteiger partial charge in [-0.05, 0) is 48.0 Å². The highest BCUT2D eigenvalue weighted by Gasteiger charge is 2.33. The molecule has 0 aliphatic carbocycles. The number of hydrogen-bond acceptors (Lipinski definition) is 6. The Hall–Kier alpha value is -3.07. The van der Waals surface area contributed by atoms with Crippen LogP contribution in [-0.2, 0) is 4.79 Å². The molecule has 31 heavy (non-hydrogen) atoms. The quantitative estimate of drug-likeness (QED) is 0.497. The molecule has 1 amide bonds. The van der Waals surface area contributed by atoms with E-state index < -0.39 is 6.04 Å². The van der Waals surface area contributed by atoms with E-state index >= 15 is 0 Å². The zero-order valence-corrected chi connectivity index (χ0v) is 18.9. The first-order valence-electron chi connectivity index (χ1n) is 9.57. The average molecular weight is 464 g/mol. The number of nitrogens with zero attached hydrogens (tertiary/aromatic N) is 2. The smallest absolute Gasteiger partial charge is 0.271 e. The number of nitrogens with one attached hydrogen (secondary N) is 1. The van der Waals surface area contributed by atoms with Crippen LogP contribution in [0, 0.1) is 0 Å². The van der Waals surface area contributed by atoms with E-state index in [2.05, 4.69) is 10.3 Å². The van der Waals surface area contributed by atoms with Crippen molar-refractivity contribution in [2.75, 3.05) is 5.32 Å². The molecule has 3 aromatic heterocycles. The van der Waals surface area contributed by atoms with Gasteiger partial charge in [0.1, 0.15) is 6.04 Å². The molecular weight excluding hydrogens is 446 g/mol. The Morgan fingerprint density at radius 3 is 2.55 bits per heavy atom. The molecule has 1 atom stereocenters. The normalized spacial score (nSPS) is 16.2. The number of hydrogen-bond donors (Lipinski definition) is 1. The summed E-state index contributed by atoms with van der Waals surface area (Å²) in [6.07, 6.45) is 1.89. The lowest BCUT2D eigenvalue weighted by Gasteiger charge is -2.24. The second-order valence-corrected chi connectivity index (χ2v) is 9.90. The maximum Gasteiger partial charge on any atom is 0.271 e. The van der Waals surface area contributed by atoms with E-state index in [0.717, 1.165) is 9.75 Å². The van der Waals surface area contributed by atoms with Gasteiger partial charge in [-0.15, -0.1) is 22.7 Å². The number of benzene rings is 1. The third kappa shape index (κ3) is 3.74. The molecule has 1 aliphatic rings. The van der Waals surface area contributed by atoms with E-state index in [1.54, 1.807) is 15.9 Å². The first kappa shape index (κ1) is 19.9. The highest BCUT2D eigenvalue weighted by Crippen LogP contribution is 2.33. The molecule has 1 N–H and O–H groups in total. The number of thiophene rings is 2. The number of rotatable bonds is 4. The zero-order chi connectivity index (χ0) is 21.4. The van der Waals surface area contributed by atoms with Crippen molar-refractivity contribution in [2.24, 2.45) is 4.99 Å². The Kier molecular flexibility index (Phi) is 5.27. The second-order valence-electron chi connectivity index (χ2n) is 6.93. The molecule has 1 aromatic carbocycles. The van der Waals surface area contributed by atoms with Gasteiger partial charge in [0.05, 0.1) is 15.8 Å². The summed E-state index contributed by atoms with van der Waals surface area (Å²) in [5, 5.41) is 6.89. The van der Waals surface area contributed by atoms with Crippen molar-refractivity contribution in [2.45, 2.75) is 13.0 Å². The first-order valence-corrected chi connectivity index (χ1v) is 12.2. The van der Waals surface area contributed by atoms with Gasteiger partial charge in [-0.1, -0.05) is 41.7 Å². The summed E-state index contributed by atoms with van der Waals surface area (Å²) < 4.78 is 2.27. The SMILES string of the molecule is CC1=C(C(=O)Nc2ccccc2)C(c2cccs2)n2c(sc(=Cc3cccs3)c2=O)=N1. The van der Waals surface area contributed by atoms with E-state index in [0.29, 0.717) is 26.3 Å². The summed E-state index contributed by atoms with van der Waals surface area (Å²) in [5.74, 6) is -0.251. The van der Waals surface area contributed by atoms with E-state index in [4.69, 9.17) is 0 Å². The van der Waals surface area contributed by atoms with Crippen LogP contribution in [0.5, 0.6) is 0 Å². The standard InChI is InChI=1S/C23H17N3O2S3/c1-14-19(21(27)25-15-7-3-2-4-8-15)20(17-10-6-12-30-17)26-22(28)18(31-23(26)24-14)13-16-9-5-11-29-16/h2-13,20H,1H3,(H,25,27). The molecule has 4 heterocycles. The van der Waals surface area contributed by atoms with Crippen molar-refractivity contribution in [1.29, 1.82) is 0 Å². The zero-order valence-electron chi connectivity index (χ0n) is 16.4. The fourth-order valence-corrected chi connectivity index (χ4v) is 6.14. The number of carbonyl (C=O) groups is 1. The number of carbonyl (C=O) groups excluding carboxylic acids is 1. The summed E-state index contributed by atoms with van der Waals surface area (Å²) in [5.41, 5.74) is 1.68. The minimum Gasteiger partial charge on any atom is -0.322 e. The van der Waals surface area contributed by atoms with Crippen molar-refractivity contribution in [3.63, 3.8) is 0 Å². The Morgan fingerprint density at radius 2 is 1.84 bits per heavy atom. The maximum atomic E-state index is 13.4. The fraction of sp³-hybridized carbons (Fsp3) is 0.0870. The molecule has 0 radical (unpaired) electrons. The van der Waals surface area contributed by atoms with Crippen LogP contribution in [0.4, 0.5) is 5.69 Å². The number of anilines is 1. The van der Waals surface area contributed by atoms with Crippen LogP contribution in [0.15, 0.2) is 86.4 Å². The third-order valence-corrected chi connectivity index (χ3v) is 7.65. The molecule has 0 spiro atoms. The molecule has 0 bridgehead atoms. The Labute approximate surface area is 190 Å². The minimum absolute atomic E-state index is 0.131. The number of allylic oxidation sites excluding steroid dienone is 1. The van der Waals surface area contributed by atoms with Crippen LogP contribution in [0.2, 0.25) is 0 Å². The fourth-order valence-electron chi connectivity index (χ4n) is 3.55. The molecular formula is C23H17N3O2S3. The van der Waals surface area contributed by atoms with Gasteiger partial charge in [0.25, 0.3) is 11.5 Å². The van der Waals surface area contributed by atoms with Crippen LogP contribution in [-0.4, -0.2) is 10.5 Å². The number of fused-ring (bicyclic) bond motifs is 1. The summed E-state index contributed by atoms with van der Waals surface area (Å²) in [6.45, 7) is 1.83. The van der Waals surface area contributed by atoms with E-state index in [1.807, 2.05) is 78.4 Å². The molecule has 154 valence electrons. The summed E-state index contributed by atoms with van der Waals surface area (Å²) >= 11 is 4.46. The van der Waals surface area contributed by atoms with E-state index in [-0.39, 0.29) is 11.5 Å². The van der Waals surface area contributed by atoms with Gasteiger partial charge in [-0.25, -0.2) is 4.99 Å². The van der Waals surface area contributed by atoms with Crippen molar-refractivity contribution in [3.05, 3.63) is 106 Å². The predicted octanol–water partition coefficient (Wildman–Crippen LogP) is 4.00. The lowest BCUT2D eigenvalue weighted by atomic mass is 10.0. The summed E-state index contributed by atoms with van der Waals surface area (Å²) in [7, 11) is 0. The number of thiazole rings is 1. The molecule has 4 aromatic rings. The highest BCUT2D eigenvalue weighted by atomic mass is 32.1. The van der Waals surface area contributed by atoms with Crippen LogP contribution >= 0.6 is 34.0 Å². The Balaban J connectivity index is 1.66. The molecule has 5 nitrogen and oxygen atoms in total. The van der Waals surface area contributed by atoms with Gasteiger partial charge in [-0.2, -0.15) is 0 Å². The number of amides is 1. The maximum absolute atomic E-state index is 13.4. The Bertz CT molecular complexity index is 1440. The first-order chi connectivity index (χ1) is 15.1. The van der Waals surface area contributed by atoms with E-state index in [9.17, 15) is 9.59 Å². The second kappa shape index (κ2) is 8.22. The predicted molar refractivity (Wildman–Crippen MR) is 127 cm³/mol. The van der Waals surface area contributed by atoms with Crippen LogP contribution in [0.25, 0.3) is 6.08 Å². The molecule has 1 aliphatic heterocycles. The van der Waals surface area contributed by atoms with E-state index in [1.165, 1.54) is 22.7 Å². The van der Waals surface area contributed by atoms with Gasteiger partial charge in [0.15, 0.2) is 4.80 Å². The lowest BCUT2D eigenvalue weighted by molar-refractivity contribution is -0.113. The number of aromatic nitrogens is 1. The van der Waals surface area contributed by atoms with Crippen molar-refractivity contribution >= 4 is 51.7 Å². The van der Waals surface area contributed by atoms with Gasteiger partial charge >= 0.3 is 0 Å². The third-order valence-electron chi connectivity index (χ3n) is 4.93. The van der Waals surface area contributed by atoms with Gasteiger partial charge < -0.3 is 5.32 Å². The molecule has 0 saturated carbocycles. The molecule has 5 rings (SSSR count). The topological polar surface area (TPSA) is 63.5 Å². The van der Waals surface area contributed by atoms with Crippen LogP contribution in [0.1, 0.15) is 22.7 Å². The lowest BCUT2D eigenvalue weighted by Crippen LogP contribution is -2.40. The molecule has 0 saturated heterocycles. The van der Waals surface area contributed by atoms with Gasteiger partial charge in [0, 0.05) is 15.4 Å². The van der Waals surface area contributed by atoms with Crippen molar-refractivity contribution in [1.82, 2.24) is 4.57 Å². The average Bonchev–Trinajstić information content (AvgIpc) is 3.51. The molecule has 1 unspecified atom stereocenters. The van der Waals surface area contributed by atoms with Gasteiger partial charge in [0.2, 0.25) is 0 Å². The summed E-state index contributed by atoms with van der Waals surface area (Å²) in [4.78, 5) is 33.9. The highest BCUT2D eigenvalue weighted by molar-refractivity contribution is 7.11. The molecule has 8 heteroatoms. The van der Waals surface area contributed by atoms with Crippen LogP contribution in [0.3, 0.4) is 0 Å². The molecule has 0 fully saturated rings. The van der Waals surface area contributed by atoms with Gasteiger partial charge in [-0.3, -0.25) is 14.2 Å². The van der Waals surface area contributed by atoms with Crippen molar-refractivity contribution < 1.29 is 4.79 Å². The Morgan fingerprint density at radius 1 is 1.06 bits per heavy atom.